The summed E-state index contributed by atoms with van der Waals surface area (Å²) in [6, 6.07) is 0. The molecule has 0 unspecified atom stereocenters. The first-order valence-corrected chi connectivity index (χ1v) is 8.29. The van der Waals surface area contributed by atoms with Crippen molar-refractivity contribution in [2.24, 2.45) is 11.8 Å². The van der Waals surface area contributed by atoms with E-state index in [1.54, 1.807) is 0 Å². The monoisotopic (exact) mass is 323 g/mol. The quantitative estimate of drug-likeness (QED) is 0.534. The van der Waals surface area contributed by atoms with Crippen molar-refractivity contribution in [1.82, 2.24) is 0 Å². The average Bonchev–Trinajstić information content (AvgIpc) is 2.46. The van der Waals surface area contributed by atoms with E-state index >= 15 is 0 Å². The molecule has 5 nitrogen and oxygen atoms in total. The van der Waals surface area contributed by atoms with Crippen LogP contribution >= 0.6 is 0 Å². The summed E-state index contributed by atoms with van der Waals surface area (Å²) in [5.41, 5.74) is 2.38. The van der Waals surface area contributed by atoms with Crippen molar-refractivity contribution in [2.45, 2.75) is 39.5 Å². The lowest BCUT2D eigenvalue weighted by atomic mass is 9.76. The second-order valence-corrected chi connectivity index (χ2v) is 6.78. The van der Waals surface area contributed by atoms with E-state index in [0.29, 0.717) is 32.4 Å². The molecule has 1 saturated carbocycles. The van der Waals surface area contributed by atoms with Crippen LogP contribution in [0, 0.1) is 11.8 Å². The molecule has 1 N–H and O–H groups in total. The van der Waals surface area contributed by atoms with Crippen LogP contribution in [0.1, 0.15) is 39.5 Å². The third-order valence-corrected chi connectivity index (χ3v) is 4.13. The summed E-state index contributed by atoms with van der Waals surface area (Å²) in [6.07, 6.45) is 6.65. The Bertz CT molecular complexity index is 475. The minimum absolute atomic E-state index is 0.314. The maximum Gasteiger partial charge on any atom is 0.310 e. The van der Waals surface area contributed by atoms with Gasteiger partial charge in [-0.15, -0.1) is 0 Å². The number of allylic oxidation sites excluding steroid dienone is 4. The zero-order valence-corrected chi connectivity index (χ0v) is 14.7. The minimum atomic E-state index is -1.14. The van der Waals surface area contributed by atoms with Crippen LogP contribution in [0.3, 0.4) is 0 Å². The van der Waals surface area contributed by atoms with Gasteiger partial charge in [-0.05, 0) is 39.5 Å². The molecule has 0 spiro atoms. The van der Waals surface area contributed by atoms with Crippen molar-refractivity contribution < 1.29 is 24.3 Å². The normalized spacial score (nSPS) is 22.9. The zero-order chi connectivity index (χ0) is 17.4. The van der Waals surface area contributed by atoms with Crippen LogP contribution in [-0.2, 0) is 14.3 Å². The second-order valence-electron chi connectivity index (χ2n) is 6.78. The van der Waals surface area contributed by atoms with Gasteiger partial charge in [0.2, 0.25) is 0 Å². The Morgan fingerprint density at radius 2 is 2.00 bits per heavy atom. The Kier molecular flexibility index (Phi) is 8.03. The van der Waals surface area contributed by atoms with Gasteiger partial charge in [-0.1, -0.05) is 23.3 Å². The van der Waals surface area contributed by atoms with Crippen LogP contribution in [0.5, 0.6) is 0 Å². The smallest absolute Gasteiger partial charge is 0.310 e. The highest BCUT2D eigenvalue weighted by Gasteiger charge is 2.34. The summed E-state index contributed by atoms with van der Waals surface area (Å²) in [7, 11) is 3.95. The lowest BCUT2D eigenvalue weighted by Gasteiger charge is -2.32. The molecule has 0 aromatic rings. The van der Waals surface area contributed by atoms with Gasteiger partial charge in [0, 0.05) is 11.9 Å². The topological polar surface area (TPSA) is 70.9 Å². The highest BCUT2D eigenvalue weighted by atomic mass is 16.5. The number of esters is 1. The van der Waals surface area contributed by atoms with Gasteiger partial charge in [-0.25, -0.2) is 0 Å². The molecule has 0 saturated heterocycles. The van der Waals surface area contributed by atoms with E-state index in [0.717, 1.165) is 12.0 Å². The minimum Gasteiger partial charge on any atom is -0.550 e. The Morgan fingerprint density at radius 1 is 1.30 bits per heavy atom. The summed E-state index contributed by atoms with van der Waals surface area (Å²) in [4.78, 5) is 24.8. The molecule has 1 fully saturated rings. The van der Waals surface area contributed by atoms with Crippen molar-refractivity contribution >= 4 is 11.9 Å². The molecule has 1 aliphatic carbocycles. The SMILES string of the molecule is CC(C)=CC/C=C1\CC[C@@H](C(=O)[O-])[C@@H](C(=O)OCC[NH+](C)C)C1. The van der Waals surface area contributed by atoms with E-state index in [-0.39, 0.29) is 0 Å². The molecule has 2 atom stereocenters. The highest BCUT2D eigenvalue weighted by Crippen LogP contribution is 2.34. The Balaban J connectivity index is 2.70. The van der Waals surface area contributed by atoms with Crippen LogP contribution in [0.2, 0.25) is 0 Å². The molecule has 0 aliphatic heterocycles. The van der Waals surface area contributed by atoms with Gasteiger partial charge in [0.25, 0.3) is 0 Å². The van der Waals surface area contributed by atoms with E-state index in [9.17, 15) is 14.7 Å². The average molecular weight is 323 g/mol. The first-order valence-electron chi connectivity index (χ1n) is 8.29. The van der Waals surface area contributed by atoms with Gasteiger partial charge in [0.15, 0.2) is 0 Å². The van der Waals surface area contributed by atoms with Crippen LogP contribution < -0.4 is 10.0 Å². The van der Waals surface area contributed by atoms with Gasteiger partial charge >= 0.3 is 5.97 Å². The number of carboxylic acid groups (broad SMARTS) is 1. The summed E-state index contributed by atoms with van der Waals surface area (Å²) >= 11 is 0. The summed E-state index contributed by atoms with van der Waals surface area (Å²) in [6.45, 7) is 5.10. The van der Waals surface area contributed by atoms with Gasteiger partial charge in [-0.3, -0.25) is 4.79 Å². The number of aliphatic carboxylic acids is 1. The number of carbonyl (C=O) groups excluding carboxylic acids is 2. The van der Waals surface area contributed by atoms with Crippen molar-refractivity contribution in [3.63, 3.8) is 0 Å². The molecule has 1 aliphatic rings. The van der Waals surface area contributed by atoms with Crippen LogP contribution in [0.4, 0.5) is 0 Å². The molecule has 0 radical (unpaired) electrons. The predicted octanol–water partition coefficient (Wildman–Crippen LogP) is 0.123. The van der Waals surface area contributed by atoms with Gasteiger partial charge in [0.1, 0.15) is 13.2 Å². The van der Waals surface area contributed by atoms with E-state index in [4.69, 9.17) is 4.74 Å². The maximum absolute atomic E-state index is 12.3. The highest BCUT2D eigenvalue weighted by molar-refractivity contribution is 5.81. The van der Waals surface area contributed by atoms with Gasteiger partial charge in [-0.2, -0.15) is 0 Å². The van der Waals surface area contributed by atoms with Crippen molar-refractivity contribution in [3.05, 3.63) is 23.3 Å². The number of nitrogens with one attached hydrogen (secondary N) is 1. The first kappa shape index (κ1) is 19.4. The molecule has 23 heavy (non-hydrogen) atoms. The number of quaternary nitrogens is 1. The standard InChI is InChI=1S/C18H29NO4/c1-13(2)6-5-7-14-8-9-15(17(20)21)16(12-14)18(22)23-11-10-19(3)4/h6-7,15-16H,5,8-12H2,1-4H3,(H,20,21)/b14-7+/t15-,16+/m1/s1. The van der Waals surface area contributed by atoms with Crippen molar-refractivity contribution in [1.29, 1.82) is 0 Å². The molecule has 0 aromatic heterocycles. The molecular weight excluding hydrogens is 294 g/mol. The fourth-order valence-corrected chi connectivity index (χ4v) is 2.71. The van der Waals surface area contributed by atoms with E-state index in [1.165, 1.54) is 10.5 Å². The number of carbonyl (C=O) groups is 2. The summed E-state index contributed by atoms with van der Waals surface area (Å²) < 4.78 is 5.27. The molecule has 1 rings (SSSR count). The first-order chi connectivity index (χ1) is 10.8. The number of carboxylic acids is 1. The van der Waals surface area contributed by atoms with Gasteiger partial charge in [0.05, 0.1) is 20.0 Å². The molecular formula is C18H29NO4. The molecule has 0 heterocycles. The van der Waals surface area contributed by atoms with Crippen molar-refractivity contribution in [3.8, 4) is 0 Å². The summed E-state index contributed by atoms with van der Waals surface area (Å²) in [5.74, 6) is -2.92. The molecule has 5 heteroatoms. The fraction of sp³-hybridized carbons (Fsp3) is 0.667. The van der Waals surface area contributed by atoms with Gasteiger partial charge < -0.3 is 19.5 Å². The van der Waals surface area contributed by atoms with Crippen LogP contribution in [-0.4, -0.2) is 39.2 Å². The lowest BCUT2D eigenvalue weighted by molar-refractivity contribution is -0.858. The summed E-state index contributed by atoms with van der Waals surface area (Å²) in [5, 5.41) is 11.3. The number of hydrogen-bond acceptors (Lipinski definition) is 4. The second kappa shape index (κ2) is 9.50. The molecule has 130 valence electrons. The third kappa shape index (κ3) is 6.99. The Labute approximate surface area is 139 Å². The molecule has 0 bridgehead atoms. The Morgan fingerprint density at radius 3 is 2.57 bits per heavy atom. The Hall–Kier alpha value is -1.62. The molecule has 0 aromatic carbocycles. The number of likely N-dealkylation sites (N-methyl/N-ethyl adjacent to an activating group) is 1. The van der Waals surface area contributed by atoms with Crippen LogP contribution in [0.25, 0.3) is 0 Å². The predicted molar refractivity (Wildman–Crippen MR) is 86.6 cm³/mol. The van der Waals surface area contributed by atoms with Crippen LogP contribution in [0.15, 0.2) is 23.3 Å². The number of rotatable bonds is 7. The maximum atomic E-state index is 12.3. The number of ether oxygens (including phenoxy) is 1. The van der Waals surface area contributed by atoms with E-state index < -0.39 is 23.8 Å². The van der Waals surface area contributed by atoms with E-state index in [1.807, 2.05) is 27.9 Å². The van der Waals surface area contributed by atoms with Crippen molar-refractivity contribution in [2.75, 3.05) is 27.2 Å². The third-order valence-electron chi connectivity index (χ3n) is 4.13. The lowest BCUT2D eigenvalue weighted by Crippen LogP contribution is -3.06. The molecule has 0 amide bonds. The number of hydrogen-bond donors (Lipinski definition) is 1. The zero-order valence-electron chi connectivity index (χ0n) is 14.7. The fourth-order valence-electron chi connectivity index (χ4n) is 2.71. The van der Waals surface area contributed by atoms with E-state index in [2.05, 4.69) is 12.2 Å². The largest absolute Gasteiger partial charge is 0.550 e.